The van der Waals surface area contributed by atoms with Crippen molar-refractivity contribution in [3.05, 3.63) is 90.4 Å². The first-order valence-electron chi connectivity index (χ1n) is 12.4. The molecule has 43 heavy (non-hydrogen) atoms. The molecule has 1 amide bonds. The summed E-state index contributed by atoms with van der Waals surface area (Å²) >= 11 is 0. The van der Waals surface area contributed by atoms with Gasteiger partial charge in [-0.3, -0.25) is 9.78 Å². The first kappa shape index (κ1) is 29.2. The van der Waals surface area contributed by atoms with Crippen LogP contribution < -0.4 is 15.4 Å². The number of fused-ring (bicyclic) bond motifs is 1. The standard InChI is InChI=1S/C28H21F6N7O2/c1-3-24(42)36-13-15-4-5-16(10-19(15)27(29,30)31)38-26-39-20-11-17(6-7-22(20)41(26)2)43-18-8-9-35-21(12-18)25-37-14-23(40-25)28(32,33)34/h3-12,14H,1,13H2,2H3,(H,36,42)(H,37,40)(H,38,39). The lowest BCUT2D eigenvalue weighted by Crippen LogP contribution is -2.22. The van der Waals surface area contributed by atoms with E-state index in [0.29, 0.717) is 23.0 Å². The minimum absolute atomic E-state index is 0.0862. The number of anilines is 2. The highest BCUT2D eigenvalue weighted by atomic mass is 19.4. The van der Waals surface area contributed by atoms with Crippen molar-refractivity contribution in [1.29, 1.82) is 0 Å². The maximum Gasteiger partial charge on any atom is 0.432 e. The molecule has 9 nitrogen and oxygen atoms in total. The fourth-order valence-corrected chi connectivity index (χ4v) is 4.15. The van der Waals surface area contributed by atoms with Gasteiger partial charge < -0.3 is 24.9 Å². The van der Waals surface area contributed by atoms with Gasteiger partial charge in [0.25, 0.3) is 0 Å². The van der Waals surface area contributed by atoms with E-state index in [0.717, 1.165) is 12.1 Å². The van der Waals surface area contributed by atoms with Gasteiger partial charge >= 0.3 is 12.4 Å². The second-order valence-electron chi connectivity index (χ2n) is 9.18. The van der Waals surface area contributed by atoms with Crippen LogP contribution >= 0.6 is 0 Å². The number of aryl methyl sites for hydroxylation is 1. The Morgan fingerprint density at radius 2 is 1.79 bits per heavy atom. The number of halogens is 6. The van der Waals surface area contributed by atoms with Crippen molar-refractivity contribution in [3.8, 4) is 23.0 Å². The molecule has 15 heteroatoms. The molecule has 0 spiro atoms. The average Bonchev–Trinajstić information content (AvgIpc) is 3.57. The van der Waals surface area contributed by atoms with Crippen LogP contribution in [0, 0.1) is 0 Å². The summed E-state index contributed by atoms with van der Waals surface area (Å²) in [5.41, 5.74) is -0.701. The number of hydrogen-bond donors (Lipinski definition) is 3. The van der Waals surface area contributed by atoms with Gasteiger partial charge in [-0.25, -0.2) is 9.97 Å². The van der Waals surface area contributed by atoms with Crippen LogP contribution in [0.15, 0.2) is 73.6 Å². The monoisotopic (exact) mass is 601 g/mol. The molecule has 0 saturated heterocycles. The summed E-state index contributed by atoms with van der Waals surface area (Å²) in [5.74, 6) is 0.178. The van der Waals surface area contributed by atoms with Crippen molar-refractivity contribution in [2.24, 2.45) is 7.05 Å². The molecule has 0 radical (unpaired) electrons. The number of rotatable bonds is 8. The van der Waals surface area contributed by atoms with Crippen LogP contribution in [0.5, 0.6) is 11.5 Å². The zero-order chi connectivity index (χ0) is 30.9. The molecule has 0 aliphatic carbocycles. The van der Waals surface area contributed by atoms with Gasteiger partial charge in [-0.1, -0.05) is 12.6 Å². The van der Waals surface area contributed by atoms with Gasteiger partial charge in [0.1, 0.15) is 22.9 Å². The third-order valence-corrected chi connectivity index (χ3v) is 6.25. The number of alkyl halides is 6. The van der Waals surface area contributed by atoms with Gasteiger partial charge in [0, 0.05) is 37.6 Å². The summed E-state index contributed by atoms with van der Waals surface area (Å²) in [6, 6.07) is 11.5. The minimum atomic E-state index is -4.67. The number of aromatic nitrogens is 5. The highest BCUT2D eigenvalue weighted by molar-refractivity contribution is 5.86. The number of nitrogens with zero attached hydrogens (tertiary/aromatic N) is 4. The van der Waals surface area contributed by atoms with E-state index in [1.165, 1.54) is 30.5 Å². The maximum atomic E-state index is 13.8. The molecule has 0 unspecified atom stereocenters. The number of aromatic amines is 1. The van der Waals surface area contributed by atoms with Gasteiger partial charge in [-0.15, -0.1) is 0 Å². The molecule has 5 rings (SSSR count). The van der Waals surface area contributed by atoms with Crippen molar-refractivity contribution < 1.29 is 35.9 Å². The molecule has 3 N–H and O–H groups in total. The normalized spacial score (nSPS) is 11.9. The summed E-state index contributed by atoms with van der Waals surface area (Å²) in [6.07, 6.45) is -6.26. The van der Waals surface area contributed by atoms with Crippen molar-refractivity contribution in [3.63, 3.8) is 0 Å². The zero-order valence-electron chi connectivity index (χ0n) is 22.1. The van der Waals surface area contributed by atoms with Crippen molar-refractivity contribution in [2.45, 2.75) is 18.9 Å². The second-order valence-corrected chi connectivity index (χ2v) is 9.18. The van der Waals surface area contributed by atoms with Gasteiger partial charge in [-0.2, -0.15) is 26.3 Å². The number of nitrogens with one attached hydrogen (secondary N) is 3. The molecule has 0 fully saturated rings. The number of amides is 1. The van der Waals surface area contributed by atoms with Gasteiger partial charge in [0.05, 0.1) is 22.8 Å². The van der Waals surface area contributed by atoms with Gasteiger partial charge in [0.15, 0.2) is 5.82 Å². The van der Waals surface area contributed by atoms with Gasteiger partial charge in [-0.05, 0) is 42.0 Å². The van der Waals surface area contributed by atoms with E-state index in [2.05, 4.69) is 37.1 Å². The fraction of sp³-hybridized carbons (Fsp3) is 0.143. The lowest BCUT2D eigenvalue weighted by Gasteiger charge is -2.15. The van der Waals surface area contributed by atoms with Crippen LogP contribution in [-0.4, -0.2) is 30.4 Å². The Kier molecular flexibility index (Phi) is 7.56. The summed E-state index contributed by atoms with van der Waals surface area (Å²) in [7, 11) is 1.68. The number of benzene rings is 2. The molecular weight excluding hydrogens is 580 g/mol. The molecule has 0 aliphatic heterocycles. The van der Waals surface area contributed by atoms with E-state index >= 15 is 0 Å². The maximum absolute atomic E-state index is 13.8. The third kappa shape index (κ3) is 6.45. The lowest BCUT2D eigenvalue weighted by atomic mass is 10.1. The second kappa shape index (κ2) is 11.2. The summed E-state index contributed by atoms with van der Waals surface area (Å²) in [4.78, 5) is 25.9. The van der Waals surface area contributed by atoms with Gasteiger partial charge in [0.2, 0.25) is 11.9 Å². The first-order chi connectivity index (χ1) is 20.3. The third-order valence-electron chi connectivity index (χ3n) is 6.25. The molecule has 2 aromatic carbocycles. The van der Waals surface area contributed by atoms with Crippen LogP contribution in [0.25, 0.3) is 22.6 Å². The van der Waals surface area contributed by atoms with E-state index in [1.807, 2.05) is 0 Å². The van der Waals surface area contributed by atoms with Crippen LogP contribution in [-0.2, 0) is 30.7 Å². The Hall–Kier alpha value is -5.34. The van der Waals surface area contributed by atoms with Crippen LogP contribution in [0.3, 0.4) is 0 Å². The Labute approximate surface area is 239 Å². The molecule has 222 valence electrons. The first-order valence-corrected chi connectivity index (χ1v) is 12.4. The SMILES string of the molecule is C=CC(=O)NCc1ccc(Nc2nc3cc(Oc4ccnc(-c5ncc(C(F)(F)F)[nH]5)c4)ccc3n2C)cc1C(F)(F)F. The van der Waals surface area contributed by atoms with E-state index in [-0.39, 0.29) is 41.0 Å². The molecule has 0 bridgehead atoms. The van der Waals surface area contributed by atoms with E-state index in [4.69, 9.17) is 4.74 Å². The zero-order valence-corrected chi connectivity index (χ0v) is 22.1. The quantitative estimate of drug-likeness (QED) is 0.134. The average molecular weight is 602 g/mol. The molecule has 3 aromatic heterocycles. The molecule has 0 saturated carbocycles. The predicted octanol–water partition coefficient (Wildman–Crippen LogP) is 6.73. The smallest absolute Gasteiger partial charge is 0.432 e. The molecule has 0 atom stereocenters. The number of carbonyl (C=O) groups is 1. The number of imidazole rings is 2. The lowest BCUT2D eigenvalue weighted by molar-refractivity contribution is -0.141. The Balaban J connectivity index is 1.36. The number of H-pyrrole nitrogens is 1. The van der Waals surface area contributed by atoms with Crippen LogP contribution in [0.2, 0.25) is 0 Å². The highest BCUT2D eigenvalue weighted by Gasteiger charge is 2.34. The molecule has 3 heterocycles. The van der Waals surface area contributed by atoms with Crippen LogP contribution in [0.1, 0.15) is 16.8 Å². The molecule has 0 aliphatic rings. The Morgan fingerprint density at radius 1 is 1.02 bits per heavy atom. The Morgan fingerprint density at radius 3 is 2.49 bits per heavy atom. The van der Waals surface area contributed by atoms with E-state index in [9.17, 15) is 31.1 Å². The van der Waals surface area contributed by atoms with E-state index < -0.39 is 29.5 Å². The van der Waals surface area contributed by atoms with Crippen molar-refractivity contribution in [2.75, 3.05) is 5.32 Å². The van der Waals surface area contributed by atoms with Crippen molar-refractivity contribution in [1.82, 2.24) is 29.8 Å². The van der Waals surface area contributed by atoms with Crippen molar-refractivity contribution >= 4 is 28.6 Å². The summed E-state index contributed by atoms with van der Waals surface area (Å²) < 4.78 is 87.6. The number of hydrogen-bond acceptors (Lipinski definition) is 6. The minimum Gasteiger partial charge on any atom is -0.457 e. The summed E-state index contributed by atoms with van der Waals surface area (Å²) in [5, 5.41) is 5.24. The predicted molar refractivity (Wildman–Crippen MR) is 144 cm³/mol. The Bertz CT molecular complexity index is 1820. The number of carbonyl (C=O) groups excluding carboxylic acids is 1. The highest BCUT2D eigenvalue weighted by Crippen LogP contribution is 2.35. The number of ether oxygens (including phenoxy) is 1. The molecule has 5 aromatic rings. The van der Waals surface area contributed by atoms with E-state index in [1.54, 1.807) is 29.8 Å². The number of pyridine rings is 1. The topological polar surface area (TPSA) is 110 Å². The largest absolute Gasteiger partial charge is 0.457 e. The summed E-state index contributed by atoms with van der Waals surface area (Å²) in [6.45, 7) is 2.95. The molecular formula is C28H21F6N7O2. The fourth-order valence-electron chi connectivity index (χ4n) is 4.15. The van der Waals surface area contributed by atoms with Crippen LogP contribution in [0.4, 0.5) is 38.0 Å².